The van der Waals surface area contributed by atoms with Gasteiger partial charge in [0.15, 0.2) is 5.16 Å². The van der Waals surface area contributed by atoms with Gasteiger partial charge in [-0.25, -0.2) is 18.5 Å². The Morgan fingerprint density at radius 3 is 2.42 bits per heavy atom. The predicted octanol–water partition coefficient (Wildman–Crippen LogP) is 3.59. The number of carbonyl (C=O) groups is 1. The summed E-state index contributed by atoms with van der Waals surface area (Å²) in [5.74, 6) is -0.360. The zero-order valence-corrected chi connectivity index (χ0v) is 18.5. The van der Waals surface area contributed by atoms with Crippen LogP contribution in [0.15, 0.2) is 82.8 Å². The Labute approximate surface area is 192 Å². The molecule has 0 fully saturated rings. The maximum atomic E-state index is 13.2. The molecule has 33 heavy (non-hydrogen) atoms. The van der Waals surface area contributed by atoms with E-state index in [1.165, 1.54) is 36.4 Å². The first-order valence-electron chi connectivity index (χ1n) is 9.50. The average molecular weight is 484 g/mol. The molecule has 4 aromatic rings. The van der Waals surface area contributed by atoms with E-state index in [9.17, 15) is 23.3 Å². The standard InChI is InChI=1S/C21H17N5O5S2/c22-33(30,31)16-9-6-14(7-10-16)23-20(27)19(13-4-2-1-3-5-13)32-21-24-17-11-8-15(26(28)29)12-18(17)25-21/h1-12,19H,(H,23,27)(H,24,25)(H2,22,30,31)/t19-/m0/s1. The Bertz CT molecular complexity index is 1440. The molecule has 3 aromatic carbocycles. The highest BCUT2D eigenvalue weighted by Gasteiger charge is 2.24. The molecule has 1 aromatic heterocycles. The van der Waals surface area contributed by atoms with Gasteiger partial charge in [-0.3, -0.25) is 14.9 Å². The topological polar surface area (TPSA) is 161 Å². The summed E-state index contributed by atoms with van der Waals surface area (Å²) in [6, 6.07) is 18.8. The smallest absolute Gasteiger partial charge is 0.271 e. The molecule has 0 aliphatic carbocycles. The van der Waals surface area contributed by atoms with Gasteiger partial charge in [0.25, 0.3) is 5.69 Å². The molecule has 0 spiro atoms. The van der Waals surface area contributed by atoms with Gasteiger partial charge in [0.2, 0.25) is 15.9 Å². The van der Waals surface area contributed by atoms with Crippen LogP contribution in [0.1, 0.15) is 10.8 Å². The van der Waals surface area contributed by atoms with Crippen LogP contribution in [0.2, 0.25) is 0 Å². The fraction of sp³-hybridized carbons (Fsp3) is 0.0476. The quantitative estimate of drug-likeness (QED) is 0.205. The Kier molecular flexibility index (Phi) is 6.14. The zero-order chi connectivity index (χ0) is 23.6. The number of thioether (sulfide) groups is 1. The van der Waals surface area contributed by atoms with Crippen LogP contribution < -0.4 is 10.5 Å². The van der Waals surface area contributed by atoms with Crippen molar-refractivity contribution < 1.29 is 18.1 Å². The van der Waals surface area contributed by atoms with Crippen molar-refractivity contribution in [3.63, 3.8) is 0 Å². The Hall–Kier alpha value is -3.74. The number of imidazole rings is 1. The number of nitrogens with two attached hydrogens (primary N) is 1. The van der Waals surface area contributed by atoms with Crippen molar-refractivity contribution in [2.24, 2.45) is 5.14 Å². The molecule has 0 bridgehead atoms. The van der Waals surface area contributed by atoms with E-state index in [-0.39, 0.29) is 16.5 Å². The number of aromatic amines is 1. The van der Waals surface area contributed by atoms with Crippen molar-refractivity contribution in [1.82, 2.24) is 9.97 Å². The first kappa shape index (κ1) is 22.5. The number of nitrogens with one attached hydrogen (secondary N) is 2. The minimum atomic E-state index is -3.84. The van der Waals surface area contributed by atoms with E-state index >= 15 is 0 Å². The summed E-state index contributed by atoms with van der Waals surface area (Å²) in [6.45, 7) is 0. The first-order chi connectivity index (χ1) is 15.7. The SMILES string of the molecule is NS(=O)(=O)c1ccc(NC(=O)[C@@H](Sc2nc3ccc([N+](=O)[O-])cc3[nH]2)c2ccccc2)cc1. The van der Waals surface area contributed by atoms with Gasteiger partial charge in [-0.15, -0.1) is 0 Å². The number of sulfonamides is 1. The third-order valence-electron chi connectivity index (χ3n) is 4.67. The molecule has 1 atom stereocenters. The summed E-state index contributed by atoms with van der Waals surface area (Å²) in [7, 11) is -3.84. The lowest BCUT2D eigenvalue weighted by molar-refractivity contribution is -0.384. The second-order valence-corrected chi connectivity index (χ2v) is 9.62. The minimum Gasteiger partial charge on any atom is -0.333 e. The number of amides is 1. The molecule has 1 heterocycles. The van der Waals surface area contributed by atoms with Crippen LogP contribution >= 0.6 is 11.8 Å². The molecule has 4 rings (SSSR count). The molecule has 0 aliphatic rings. The van der Waals surface area contributed by atoms with Crippen molar-refractivity contribution in [3.8, 4) is 0 Å². The third-order valence-corrected chi connectivity index (χ3v) is 6.74. The largest absolute Gasteiger partial charge is 0.333 e. The number of anilines is 1. The normalized spacial score (nSPS) is 12.4. The fourth-order valence-corrected chi connectivity index (χ4v) is 4.61. The number of aromatic nitrogens is 2. The Morgan fingerprint density at radius 2 is 1.79 bits per heavy atom. The molecule has 0 saturated carbocycles. The van der Waals surface area contributed by atoms with Crippen molar-refractivity contribution in [2.75, 3.05) is 5.32 Å². The van der Waals surface area contributed by atoms with Crippen LogP contribution in [-0.4, -0.2) is 29.2 Å². The predicted molar refractivity (Wildman–Crippen MR) is 124 cm³/mol. The van der Waals surface area contributed by atoms with Crippen LogP contribution in [0.3, 0.4) is 0 Å². The summed E-state index contributed by atoms with van der Waals surface area (Å²) < 4.78 is 22.9. The maximum absolute atomic E-state index is 13.2. The van der Waals surface area contributed by atoms with Crippen LogP contribution in [-0.2, 0) is 14.8 Å². The van der Waals surface area contributed by atoms with Gasteiger partial charge in [-0.05, 0) is 35.9 Å². The van der Waals surface area contributed by atoms with Gasteiger partial charge >= 0.3 is 0 Å². The van der Waals surface area contributed by atoms with Gasteiger partial charge in [-0.1, -0.05) is 42.1 Å². The summed E-state index contributed by atoms with van der Waals surface area (Å²) in [5, 5.41) is 18.6. The molecule has 0 radical (unpaired) electrons. The average Bonchev–Trinajstić information content (AvgIpc) is 3.19. The maximum Gasteiger partial charge on any atom is 0.271 e. The first-order valence-corrected chi connectivity index (χ1v) is 11.9. The van der Waals surface area contributed by atoms with Crippen molar-refractivity contribution >= 4 is 50.1 Å². The van der Waals surface area contributed by atoms with E-state index < -0.39 is 20.2 Å². The number of carbonyl (C=O) groups excluding carboxylic acids is 1. The summed E-state index contributed by atoms with van der Waals surface area (Å²) in [4.78, 5) is 31.1. The molecule has 0 aliphatic heterocycles. The number of nitro benzene ring substituents is 1. The van der Waals surface area contributed by atoms with Crippen LogP contribution in [0.4, 0.5) is 11.4 Å². The molecule has 4 N–H and O–H groups in total. The number of hydrogen-bond donors (Lipinski definition) is 3. The molecular weight excluding hydrogens is 466 g/mol. The van der Waals surface area contributed by atoms with Crippen LogP contribution in [0, 0.1) is 10.1 Å². The van der Waals surface area contributed by atoms with Gasteiger partial charge in [0, 0.05) is 17.8 Å². The Balaban J connectivity index is 1.61. The van der Waals surface area contributed by atoms with Crippen LogP contribution in [0.5, 0.6) is 0 Å². The highest BCUT2D eigenvalue weighted by molar-refractivity contribution is 8.00. The van der Waals surface area contributed by atoms with E-state index in [0.717, 1.165) is 11.8 Å². The molecule has 10 nitrogen and oxygen atoms in total. The number of H-pyrrole nitrogens is 1. The van der Waals surface area contributed by atoms with Gasteiger partial charge in [0.05, 0.1) is 20.9 Å². The molecule has 0 unspecified atom stereocenters. The lowest BCUT2D eigenvalue weighted by atomic mass is 10.1. The van der Waals surface area contributed by atoms with E-state index in [1.807, 2.05) is 6.07 Å². The molecule has 12 heteroatoms. The van der Waals surface area contributed by atoms with Gasteiger partial charge < -0.3 is 10.3 Å². The van der Waals surface area contributed by atoms with E-state index in [2.05, 4.69) is 15.3 Å². The lowest BCUT2D eigenvalue weighted by Gasteiger charge is -2.16. The highest BCUT2D eigenvalue weighted by atomic mass is 32.2. The number of non-ortho nitro benzene ring substituents is 1. The molecular formula is C21H17N5O5S2. The van der Waals surface area contributed by atoms with Crippen LogP contribution in [0.25, 0.3) is 11.0 Å². The van der Waals surface area contributed by atoms with E-state index in [4.69, 9.17) is 5.14 Å². The molecule has 168 valence electrons. The third kappa shape index (κ3) is 5.19. The summed E-state index contributed by atoms with van der Waals surface area (Å²) in [6.07, 6.45) is 0. The summed E-state index contributed by atoms with van der Waals surface area (Å²) >= 11 is 1.15. The number of rotatable bonds is 7. The zero-order valence-electron chi connectivity index (χ0n) is 16.8. The fourth-order valence-electron chi connectivity index (χ4n) is 3.09. The number of nitro groups is 1. The van der Waals surface area contributed by atoms with Crippen molar-refractivity contribution in [1.29, 1.82) is 0 Å². The number of fused-ring (bicyclic) bond motifs is 1. The number of hydrogen-bond acceptors (Lipinski definition) is 7. The minimum absolute atomic E-state index is 0.0640. The van der Waals surface area contributed by atoms with E-state index in [1.54, 1.807) is 30.3 Å². The molecule has 1 amide bonds. The lowest BCUT2D eigenvalue weighted by Crippen LogP contribution is -2.19. The number of primary sulfonamides is 1. The monoisotopic (exact) mass is 483 g/mol. The number of benzene rings is 3. The van der Waals surface area contributed by atoms with Gasteiger partial charge in [-0.2, -0.15) is 0 Å². The van der Waals surface area contributed by atoms with Gasteiger partial charge in [0.1, 0.15) is 5.25 Å². The van der Waals surface area contributed by atoms with Crippen molar-refractivity contribution in [3.05, 3.63) is 88.5 Å². The van der Waals surface area contributed by atoms with E-state index in [0.29, 0.717) is 27.4 Å². The highest BCUT2D eigenvalue weighted by Crippen LogP contribution is 2.36. The van der Waals surface area contributed by atoms with Crippen molar-refractivity contribution in [2.45, 2.75) is 15.3 Å². The summed E-state index contributed by atoms with van der Waals surface area (Å²) in [5.41, 5.74) is 2.07. The number of nitrogens with zero attached hydrogens (tertiary/aromatic N) is 2. The Morgan fingerprint density at radius 1 is 1.09 bits per heavy atom. The second-order valence-electron chi connectivity index (χ2n) is 6.97. The second kappa shape index (κ2) is 9.02. The molecule has 0 saturated heterocycles.